The number of methoxy groups -OCH3 is 2. The van der Waals surface area contributed by atoms with Gasteiger partial charge in [-0.25, -0.2) is 13.8 Å². The zero-order chi connectivity index (χ0) is 24.7. The van der Waals surface area contributed by atoms with Crippen LogP contribution in [-0.2, 0) is 14.8 Å². The predicted molar refractivity (Wildman–Crippen MR) is 133 cm³/mol. The van der Waals surface area contributed by atoms with Gasteiger partial charge in [-0.3, -0.25) is 9.10 Å². The number of amides is 1. The van der Waals surface area contributed by atoms with Crippen molar-refractivity contribution in [1.29, 1.82) is 0 Å². The molecular formula is C23H21Cl2N3O5S. The first-order chi connectivity index (χ1) is 16.3. The van der Waals surface area contributed by atoms with Crippen LogP contribution in [0.4, 0.5) is 5.69 Å². The Labute approximate surface area is 207 Å². The largest absolute Gasteiger partial charge is 0.497 e. The third kappa shape index (κ3) is 5.80. The van der Waals surface area contributed by atoms with Crippen LogP contribution in [0.1, 0.15) is 5.56 Å². The van der Waals surface area contributed by atoms with Crippen LogP contribution in [0.25, 0.3) is 0 Å². The quantitative estimate of drug-likeness (QED) is 0.333. The molecule has 0 aromatic heterocycles. The van der Waals surface area contributed by atoms with Crippen LogP contribution in [0.15, 0.2) is 76.7 Å². The molecule has 0 fully saturated rings. The molecule has 3 aromatic rings. The second kappa shape index (κ2) is 11.2. The van der Waals surface area contributed by atoms with Gasteiger partial charge in [-0.2, -0.15) is 5.10 Å². The molecule has 1 N–H and O–H groups in total. The topological polar surface area (TPSA) is 97.3 Å². The lowest BCUT2D eigenvalue weighted by molar-refractivity contribution is -0.119. The van der Waals surface area contributed by atoms with Crippen LogP contribution in [-0.4, -0.2) is 41.3 Å². The molecule has 0 atom stereocenters. The summed E-state index contributed by atoms with van der Waals surface area (Å²) in [4.78, 5) is 12.7. The average molecular weight is 522 g/mol. The van der Waals surface area contributed by atoms with Crippen molar-refractivity contribution in [1.82, 2.24) is 5.43 Å². The van der Waals surface area contributed by atoms with E-state index < -0.39 is 22.5 Å². The summed E-state index contributed by atoms with van der Waals surface area (Å²) in [6, 6.07) is 17.3. The lowest BCUT2D eigenvalue weighted by Crippen LogP contribution is -2.39. The number of hydrazone groups is 1. The van der Waals surface area contributed by atoms with Gasteiger partial charge in [0.2, 0.25) is 0 Å². The summed E-state index contributed by atoms with van der Waals surface area (Å²) >= 11 is 12.4. The maximum atomic E-state index is 13.3. The SMILES string of the molecule is COc1ccc(/C=N\NC(=O)CN(c2cccc(Cl)c2Cl)S(=O)(=O)c2ccccc2)c(OC)c1. The second-order valence-electron chi connectivity index (χ2n) is 6.80. The number of carbonyl (C=O) groups is 1. The molecule has 11 heteroatoms. The average Bonchev–Trinajstić information content (AvgIpc) is 2.85. The van der Waals surface area contributed by atoms with E-state index in [0.717, 1.165) is 4.31 Å². The molecule has 3 rings (SSSR count). The zero-order valence-corrected chi connectivity index (χ0v) is 20.6. The van der Waals surface area contributed by atoms with Gasteiger partial charge in [-0.15, -0.1) is 0 Å². The van der Waals surface area contributed by atoms with Crippen LogP contribution < -0.4 is 19.2 Å². The molecule has 0 spiro atoms. The molecule has 0 saturated carbocycles. The molecule has 34 heavy (non-hydrogen) atoms. The summed E-state index contributed by atoms with van der Waals surface area (Å²) in [6.45, 7) is -0.589. The summed E-state index contributed by atoms with van der Waals surface area (Å²) in [5.41, 5.74) is 2.97. The van der Waals surface area contributed by atoms with Crippen molar-refractivity contribution in [3.8, 4) is 11.5 Å². The maximum absolute atomic E-state index is 13.3. The molecule has 0 bridgehead atoms. The number of anilines is 1. The molecular weight excluding hydrogens is 501 g/mol. The highest BCUT2D eigenvalue weighted by Crippen LogP contribution is 2.35. The molecule has 0 heterocycles. The Kier molecular flexibility index (Phi) is 8.38. The van der Waals surface area contributed by atoms with E-state index in [2.05, 4.69) is 10.5 Å². The fraction of sp³-hybridized carbons (Fsp3) is 0.130. The van der Waals surface area contributed by atoms with Crippen molar-refractivity contribution in [3.63, 3.8) is 0 Å². The van der Waals surface area contributed by atoms with Crippen LogP contribution in [0.3, 0.4) is 0 Å². The highest BCUT2D eigenvalue weighted by molar-refractivity contribution is 7.92. The van der Waals surface area contributed by atoms with Gasteiger partial charge in [-0.05, 0) is 36.4 Å². The second-order valence-corrected chi connectivity index (χ2v) is 9.45. The first-order valence-electron chi connectivity index (χ1n) is 9.83. The summed E-state index contributed by atoms with van der Waals surface area (Å²) in [6.07, 6.45) is 1.37. The number of nitrogens with zero attached hydrogens (tertiary/aromatic N) is 2. The van der Waals surface area contributed by atoms with Crippen LogP contribution in [0.5, 0.6) is 11.5 Å². The van der Waals surface area contributed by atoms with E-state index in [0.29, 0.717) is 17.1 Å². The van der Waals surface area contributed by atoms with Crippen molar-refractivity contribution in [2.24, 2.45) is 5.10 Å². The lowest BCUT2D eigenvalue weighted by atomic mass is 10.2. The molecule has 0 unspecified atom stereocenters. The minimum atomic E-state index is -4.14. The highest BCUT2D eigenvalue weighted by atomic mass is 35.5. The number of hydrogen-bond acceptors (Lipinski definition) is 6. The molecule has 8 nitrogen and oxygen atoms in total. The first kappa shape index (κ1) is 25.4. The first-order valence-corrected chi connectivity index (χ1v) is 12.0. The van der Waals surface area contributed by atoms with E-state index in [9.17, 15) is 13.2 Å². The van der Waals surface area contributed by atoms with Crippen molar-refractivity contribution in [2.45, 2.75) is 4.90 Å². The van der Waals surface area contributed by atoms with Gasteiger partial charge < -0.3 is 9.47 Å². The van der Waals surface area contributed by atoms with Crippen molar-refractivity contribution >= 4 is 51.0 Å². The van der Waals surface area contributed by atoms with E-state index in [1.807, 2.05) is 0 Å². The van der Waals surface area contributed by atoms with Crippen molar-refractivity contribution in [3.05, 3.63) is 82.3 Å². The maximum Gasteiger partial charge on any atom is 0.264 e. The zero-order valence-electron chi connectivity index (χ0n) is 18.2. The van der Waals surface area contributed by atoms with Crippen LogP contribution in [0, 0.1) is 0 Å². The Hall–Kier alpha value is -3.27. The van der Waals surface area contributed by atoms with E-state index >= 15 is 0 Å². The van der Waals surface area contributed by atoms with E-state index in [1.165, 1.54) is 44.7 Å². The molecule has 0 radical (unpaired) electrons. The van der Waals surface area contributed by atoms with E-state index in [1.54, 1.807) is 42.5 Å². The molecule has 3 aromatic carbocycles. The van der Waals surface area contributed by atoms with Gasteiger partial charge in [0.05, 0.1) is 41.1 Å². The van der Waals surface area contributed by atoms with Gasteiger partial charge >= 0.3 is 0 Å². The molecule has 0 aliphatic carbocycles. The van der Waals surface area contributed by atoms with E-state index in [-0.39, 0.29) is 20.6 Å². The van der Waals surface area contributed by atoms with Gasteiger partial charge in [0, 0.05) is 11.6 Å². The fourth-order valence-electron chi connectivity index (χ4n) is 2.97. The number of rotatable bonds is 9. The Morgan fingerprint density at radius 1 is 1.03 bits per heavy atom. The minimum absolute atomic E-state index is 0.00273. The van der Waals surface area contributed by atoms with Crippen LogP contribution >= 0.6 is 23.2 Å². The lowest BCUT2D eigenvalue weighted by Gasteiger charge is -2.24. The smallest absolute Gasteiger partial charge is 0.264 e. The summed E-state index contributed by atoms with van der Waals surface area (Å²) in [5, 5.41) is 4.07. The van der Waals surface area contributed by atoms with Crippen molar-refractivity contribution < 1.29 is 22.7 Å². The fourth-order valence-corrected chi connectivity index (χ4v) is 4.87. The normalized spacial score (nSPS) is 11.3. The van der Waals surface area contributed by atoms with Gasteiger partial charge in [0.1, 0.15) is 18.0 Å². The standard InChI is InChI=1S/C23H21Cl2N3O5S/c1-32-17-12-11-16(21(13-17)33-2)14-26-27-22(29)15-28(20-10-6-9-19(24)23(20)25)34(30,31)18-7-4-3-5-8-18/h3-14H,15H2,1-2H3,(H,27,29)/b26-14-. The van der Waals surface area contributed by atoms with Crippen molar-refractivity contribution in [2.75, 3.05) is 25.1 Å². The number of benzene rings is 3. The Balaban J connectivity index is 1.86. The third-order valence-electron chi connectivity index (χ3n) is 4.65. The molecule has 0 aliphatic heterocycles. The molecule has 178 valence electrons. The highest BCUT2D eigenvalue weighted by Gasteiger charge is 2.29. The summed E-state index contributed by atoms with van der Waals surface area (Å²) < 4.78 is 38.0. The number of sulfonamides is 1. The molecule has 0 aliphatic rings. The van der Waals surface area contributed by atoms with Gasteiger partial charge in [0.15, 0.2) is 0 Å². The van der Waals surface area contributed by atoms with Crippen LogP contribution in [0.2, 0.25) is 10.0 Å². The van der Waals surface area contributed by atoms with Gasteiger partial charge in [-0.1, -0.05) is 47.5 Å². The monoisotopic (exact) mass is 521 g/mol. The Morgan fingerprint density at radius 3 is 2.44 bits per heavy atom. The Morgan fingerprint density at radius 2 is 1.76 bits per heavy atom. The summed E-state index contributed by atoms with van der Waals surface area (Å²) in [5.74, 6) is 0.383. The minimum Gasteiger partial charge on any atom is -0.497 e. The third-order valence-corrected chi connectivity index (χ3v) is 7.23. The molecule has 0 saturated heterocycles. The van der Waals surface area contributed by atoms with Gasteiger partial charge in [0.25, 0.3) is 15.9 Å². The van der Waals surface area contributed by atoms with E-state index in [4.69, 9.17) is 32.7 Å². The molecule has 1 amide bonds. The Bertz CT molecular complexity index is 1300. The number of nitrogens with one attached hydrogen (secondary N) is 1. The summed E-state index contributed by atoms with van der Waals surface area (Å²) in [7, 11) is -1.12. The number of hydrogen-bond donors (Lipinski definition) is 1. The number of carbonyl (C=O) groups excluding carboxylic acids is 1. The number of halogens is 2. The predicted octanol–water partition coefficient (Wildman–Crippen LogP) is 4.36. The number of ether oxygens (including phenoxy) is 2.